The molecule has 0 saturated heterocycles. The molecule has 0 nitrogen and oxygen atoms in total. The molecule has 0 aliphatic heterocycles. The Morgan fingerprint density at radius 1 is 1.83 bits per heavy atom. The van der Waals surface area contributed by atoms with Crippen molar-refractivity contribution in [3.8, 4) is 0 Å². The molecule has 0 fully saturated rings. The fraction of sp³-hybridized carbons (Fsp3) is 0.750. The van der Waals surface area contributed by atoms with Gasteiger partial charge in [0.25, 0.3) is 0 Å². The first kappa shape index (κ1) is 6.96. The Morgan fingerprint density at radius 2 is 2.33 bits per heavy atom. The first-order chi connectivity index (χ1) is 2.81. The van der Waals surface area contributed by atoms with E-state index in [9.17, 15) is 0 Å². The van der Waals surface area contributed by atoms with Crippen molar-refractivity contribution in [1.29, 1.82) is 0 Å². The first-order valence-corrected chi connectivity index (χ1v) is 3.84. The van der Waals surface area contributed by atoms with E-state index in [1.165, 1.54) is 0 Å². The summed E-state index contributed by atoms with van der Waals surface area (Å²) in [5, 5.41) is 1.00. The number of alkyl halides is 2. The van der Waals surface area contributed by atoms with Gasteiger partial charge in [0.15, 0.2) is 0 Å². The van der Waals surface area contributed by atoms with E-state index in [1.807, 2.05) is 6.92 Å². The fourth-order valence-electron chi connectivity index (χ4n) is 0.0891. The van der Waals surface area contributed by atoms with Crippen LogP contribution in [0.4, 0.5) is 0 Å². The summed E-state index contributed by atoms with van der Waals surface area (Å²) < 4.78 is 0. The molecule has 0 rings (SSSR count). The van der Waals surface area contributed by atoms with Crippen molar-refractivity contribution in [1.82, 2.24) is 0 Å². The van der Waals surface area contributed by atoms with E-state index in [-0.39, 0.29) is 0 Å². The Hall–Kier alpha value is 0.960. The molecule has 1 atom stereocenters. The lowest BCUT2D eigenvalue weighted by atomic mass is 10.4. The summed E-state index contributed by atoms with van der Waals surface area (Å²) in [6.45, 7) is 2.03. The molecule has 0 saturated carbocycles. The van der Waals surface area contributed by atoms with Crippen molar-refractivity contribution in [2.24, 2.45) is 0 Å². The normalized spacial score (nSPS) is 14.5. The molecule has 0 bridgehead atoms. The van der Waals surface area contributed by atoms with Gasteiger partial charge in [-0.25, -0.2) is 0 Å². The molecular weight excluding hydrogens is 208 g/mol. The Kier molecular flexibility index (Phi) is 4.79. The first-order valence-electron chi connectivity index (χ1n) is 1.80. The van der Waals surface area contributed by atoms with Crippen LogP contribution in [-0.4, -0.2) is 10.2 Å². The molecule has 2 heteroatoms. The molecule has 0 spiro atoms. The highest BCUT2D eigenvalue weighted by atomic mass is 79.9. The zero-order valence-electron chi connectivity index (χ0n) is 3.62. The molecule has 0 aromatic carbocycles. The third kappa shape index (κ3) is 3.16. The summed E-state index contributed by atoms with van der Waals surface area (Å²) >= 11 is 6.67. The van der Waals surface area contributed by atoms with Crippen LogP contribution in [0.2, 0.25) is 0 Å². The van der Waals surface area contributed by atoms with Crippen molar-refractivity contribution in [3.05, 3.63) is 6.42 Å². The maximum absolute atomic E-state index is 3.37. The minimum absolute atomic E-state index is 0.539. The van der Waals surface area contributed by atoms with Crippen LogP contribution >= 0.6 is 31.9 Å². The molecule has 0 amide bonds. The van der Waals surface area contributed by atoms with Crippen molar-refractivity contribution in [3.63, 3.8) is 0 Å². The SMILES string of the molecule is C[CH]C(Br)CBr. The third-order valence-electron chi connectivity index (χ3n) is 0.509. The summed E-state index contributed by atoms with van der Waals surface area (Å²) in [7, 11) is 0. The largest absolute Gasteiger partial charge is 0.0916 e. The van der Waals surface area contributed by atoms with E-state index in [0.717, 1.165) is 5.33 Å². The fourth-order valence-corrected chi connectivity index (χ4v) is 0.463. The quantitative estimate of drug-likeness (QED) is 0.620. The predicted octanol–water partition coefficient (Wildman–Crippen LogP) is 2.37. The maximum Gasteiger partial charge on any atom is 0.0271 e. The van der Waals surface area contributed by atoms with E-state index in [2.05, 4.69) is 38.3 Å². The van der Waals surface area contributed by atoms with Gasteiger partial charge in [0.2, 0.25) is 0 Å². The average Bonchev–Trinajstić information content (AvgIpc) is 1.65. The second-order valence-corrected chi connectivity index (χ2v) is 2.83. The topological polar surface area (TPSA) is 0 Å². The molecule has 1 unspecified atom stereocenters. The van der Waals surface area contributed by atoms with Gasteiger partial charge in [0.05, 0.1) is 0 Å². The van der Waals surface area contributed by atoms with E-state index in [4.69, 9.17) is 0 Å². The van der Waals surface area contributed by atoms with Crippen LogP contribution in [0, 0.1) is 6.42 Å². The van der Waals surface area contributed by atoms with Gasteiger partial charge in [-0.15, -0.1) is 0 Å². The van der Waals surface area contributed by atoms with Crippen molar-refractivity contribution >= 4 is 31.9 Å². The molecule has 0 aromatic heterocycles. The lowest BCUT2D eigenvalue weighted by Crippen LogP contribution is -1.94. The number of halogens is 2. The second kappa shape index (κ2) is 4.13. The van der Waals surface area contributed by atoms with Crippen LogP contribution in [-0.2, 0) is 0 Å². The van der Waals surface area contributed by atoms with E-state index in [0.29, 0.717) is 4.83 Å². The maximum atomic E-state index is 3.37. The van der Waals surface area contributed by atoms with Crippen LogP contribution in [0.1, 0.15) is 6.92 Å². The molecule has 0 aromatic rings. The zero-order valence-corrected chi connectivity index (χ0v) is 6.79. The standard InChI is InChI=1S/C4H7Br2/c1-2-4(6)3-5/h2,4H,3H2,1H3. The number of rotatable bonds is 2. The molecule has 37 valence electrons. The number of hydrogen-bond donors (Lipinski definition) is 0. The highest BCUT2D eigenvalue weighted by Crippen LogP contribution is 2.04. The van der Waals surface area contributed by atoms with Gasteiger partial charge in [-0.05, 0) is 6.42 Å². The lowest BCUT2D eigenvalue weighted by Gasteiger charge is -1.94. The summed E-state index contributed by atoms with van der Waals surface area (Å²) in [6, 6.07) is 0. The van der Waals surface area contributed by atoms with Gasteiger partial charge in [-0.3, -0.25) is 0 Å². The van der Waals surface area contributed by atoms with Crippen molar-refractivity contribution < 1.29 is 0 Å². The monoisotopic (exact) mass is 213 g/mol. The molecule has 0 aliphatic rings. The minimum Gasteiger partial charge on any atom is -0.0916 e. The van der Waals surface area contributed by atoms with Gasteiger partial charge < -0.3 is 0 Å². The van der Waals surface area contributed by atoms with Gasteiger partial charge >= 0.3 is 0 Å². The highest BCUT2D eigenvalue weighted by molar-refractivity contribution is 9.12. The summed E-state index contributed by atoms with van der Waals surface area (Å²) in [4.78, 5) is 0.539. The molecule has 1 radical (unpaired) electrons. The van der Waals surface area contributed by atoms with Gasteiger partial charge in [-0.1, -0.05) is 38.8 Å². The molecule has 0 heterocycles. The lowest BCUT2D eigenvalue weighted by molar-refractivity contribution is 1.17. The van der Waals surface area contributed by atoms with Gasteiger partial charge in [0.1, 0.15) is 0 Å². The van der Waals surface area contributed by atoms with Gasteiger partial charge in [-0.2, -0.15) is 0 Å². The minimum atomic E-state index is 0.539. The van der Waals surface area contributed by atoms with Crippen LogP contribution < -0.4 is 0 Å². The van der Waals surface area contributed by atoms with Crippen LogP contribution in [0.5, 0.6) is 0 Å². The van der Waals surface area contributed by atoms with E-state index in [1.54, 1.807) is 0 Å². The molecule has 0 aliphatic carbocycles. The molecular formula is C4H7Br2. The smallest absolute Gasteiger partial charge is 0.0271 e. The van der Waals surface area contributed by atoms with Crippen molar-refractivity contribution in [2.45, 2.75) is 11.8 Å². The predicted molar refractivity (Wildman–Crippen MR) is 36.5 cm³/mol. The Bertz CT molecular complexity index is 24.7. The van der Waals surface area contributed by atoms with Crippen LogP contribution in [0.25, 0.3) is 0 Å². The van der Waals surface area contributed by atoms with E-state index >= 15 is 0 Å². The highest BCUT2D eigenvalue weighted by Gasteiger charge is 1.93. The summed E-state index contributed by atoms with van der Waals surface area (Å²) in [5.41, 5.74) is 0. The summed E-state index contributed by atoms with van der Waals surface area (Å²) in [5.74, 6) is 0. The van der Waals surface area contributed by atoms with E-state index < -0.39 is 0 Å². The number of hydrogen-bond acceptors (Lipinski definition) is 0. The van der Waals surface area contributed by atoms with Crippen LogP contribution in [0.15, 0.2) is 0 Å². The average molecular weight is 215 g/mol. The second-order valence-electron chi connectivity index (χ2n) is 1.00. The Balaban J connectivity index is 2.75. The molecule has 6 heavy (non-hydrogen) atoms. The van der Waals surface area contributed by atoms with Crippen molar-refractivity contribution in [2.75, 3.05) is 5.33 Å². The van der Waals surface area contributed by atoms with Gasteiger partial charge in [0, 0.05) is 10.2 Å². The third-order valence-corrected chi connectivity index (χ3v) is 2.93. The summed E-state index contributed by atoms with van der Waals surface area (Å²) in [6.07, 6.45) is 2.09. The molecule has 0 N–H and O–H groups in total. The Morgan fingerprint density at radius 3 is 2.33 bits per heavy atom. The Labute approximate surface area is 55.6 Å². The zero-order chi connectivity index (χ0) is 4.99. The van der Waals surface area contributed by atoms with Crippen LogP contribution in [0.3, 0.4) is 0 Å².